The van der Waals surface area contributed by atoms with Gasteiger partial charge in [0.2, 0.25) is 0 Å². The van der Waals surface area contributed by atoms with Crippen molar-refractivity contribution in [3.8, 4) is 0 Å². The van der Waals surface area contributed by atoms with Crippen LogP contribution in [0.3, 0.4) is 0 Å². The Morgan fingerprint density at radius 2 is 1.91 bits per heavy atom. The number of aliphatic hydroxyl groups is 1. The molecule has 3 atom stereocenters. The van der Waals surface area contributed by atoms with E-state index in [1.54, 1.807) is 26.4 Å². The van der Waals surface area contributed by atoms with Crippen molar-refractivity contribution in [2.24, 2.45) is 20.6 Å². The standard InChI is InChI=1S/C23H33N5O4S/c1-12(2)15-10-17(32-11-15)19(13(3)4)25-22-21(26-33(31)27-22)24-16-9-8-14(5)18(20(16)29)23(30)28(6)7/h9-14,19,29H,8H2,1-7H3,(H,24,26)(H,25,27)/t14?,19-,33?/m1/s1. The molecule has 9 nitrogen and oxygen atoms in total. The van der Waals surface area contributed by atoms with Crippen molar-refractivity contribution in [3.63, 3.8) is 0 Å². The molecule has 0 saturated heterocycles. The number of hydrogen-bond acceptors (Lipinski definition) is 6. The fourth-order valence-corrected chi connectivity index (χ4v) is 4.29. The Morgan fingerprint density at radius 3 is 2.48 bits per heavy atom. The zero-order chi connectivity index (χ0) is 24.4. The summed E-state index contributed by atoms with van der Waals surface area (Å²) < 4.78 is 26.2. The van der Waals surface area contributed by atoms with Gasteiger partial charge in [0, 0.05) is 14.1 Å². The number of allylic oxidation sites excluding steroid dienone is 1. The second kappa shape index (κ2) is 9.94. The van der Waals surface area contributed by atoms with E-state index in [4.69, 9.17) is 4.42 Å². The van der Waals surface area contributed by atoms with E-state index in [0.717, 1.165) is 11.3 Å². The normalized spacial score (nSPS) is 21.7. The van der Waals surface area contributed by atoms with Gasteiger partial charge in [0.25, 0.3) is 17.1 Å². The molecule has 3 rings (SSSR count). The molecule has 0 aromatic carbocycles. The maximum Gasteiger partial charge on any atom is 0.269 e. The van der Waals surface area contributed by atoms with Gasteiger partial charge in [0.05, 0.1) is 23.6 Å². The average molecular weight is 476 g/mol. The molecule has 1 aliphatic carbocycles. The van der Waals surface area contributed by atoms with Crippen molar-refractivity contribution in [3.05, 3.63) is 46.8 Å². The molecule has 0 spiro atoms. The maximum atomic E-state index is 12.6. The summed E-state index contributed by atoms with van der Waals surface area (Å²) in [5, 5.41) is 17.2. The number of hydrogen-bond donors (Lipinski definition) is 3. The van der Waals surface area contributed by atoms with Crippen LogP contribution in [0.1, 0.15) is 64.3 Å². The van der Waals surface area contributed by atoms with E-state index in [9.17, 15) is 14.1 Å². The van der Waals surface area contributed by atoms with Gasteiger partial charge in [-0.25, -0.2) is 4.21 Å². The summed E-state index contributed by atoms with van der Waals surface area (Å²) in [6.07, 6.45) is 4.12. The fraction of sp³-hybridized carbons (Fsp3) is 0.522. The second-order valence-corrected chi connectivity index (χ2v) is 10.1. The number of likely N-dealkylation sites (N-methyl/N-ethyl adjacent to an activating group) is 1. The first-order valence-corrected chi connectivity index (χ1v) is 12.1. The molecular weight excluding hydrogens is 442 g/mol. The van der Waals surface area contributed by atoms with Gasteiger partial charge in [0.15, 0.2) is 11.7 Å². The number of nitrogens with zero attached hydrogens (tertiary/aromatic N) is 3. The topological polar surface area (TPSA) is 120 Å². The highest BCUT2D eigenvalue weighted by Crippen LogP contribution is 2.30. The minimum absolute atomic E-state index is 0.129. The second-order valence-electron chi connectivity index (χ2n) is 9.26. The van der Waals surface area contributed by atoms with E-state index >= 15 is 0 Å². The lowest BCUT2D eigenvalue weighted by atomic mass is 9.89. The van der Waals surface area contributed by atoms with Crippen LogP contribution in [-0.2, 0) is 16.0 Å². The van der Waals surface area contributed by atoms with Gasteiger partial charge >= 0.3 is 0 Å². The Morgan fingerprint density at radius 1 is 1.24 bits per heavy atom. The van der Waals surface area contributed by atoms with Gasteiger partial charge in [-0.3, -0.25) is 4.79 Å². The average Bonchev–Trinajstić information content (AvgIpc) is 3.34. The van der Waals surface area contributed by atoms with Crippen molar-refractivity contribution < 1.29 is 18.5 Å². The van der Waals surface area contributed by atoms with E-state index in [0.29, 0.717) is 29.4 Å². The highest BCUT2D eigenvalue weighted by molar-refractivity contribution is 7.83. The molecular formula is C23H33N5O4S. The quantitative estimate of drug-likeness (QED) is 0.579. The molecule has 0 radical (unpaired) electrons. The lowest BCUT2D eigenvalue weighted by molar-refractivity contribution is -0.125. The first kappa shape index (κ1) is 24.8. The molecule has 1 aromatic heterocycles. The lowest BCUT2D eigenvalue weighted by Crippen LogP contribution is -2.42. The Hall–Kier alpha value is -2.88. The van der Waals surface area contributed by atoms with Crippen molar-refractivity contribution >= 4 is 28.8 Å². The predicted octanol–water partition coefficient (Wildman–Crippen LogP) is 3.49. The van der Waals surface area contributed by atoms with Crippen molar-refractivity contribution in [1.29, 1.82) is 0 Å². The monoisotopic (exact) mass is 475 g/mol. The fourth-order valence-electron chi connectivity index (χ4n) is 3.67. The largest absolute Gasteiger partial charge is 0.505 e. The van der Waals surface area contributed by atoms with Crippen LogP contribution in [-0.4, -0.2) is 45.9 Å². The molecule has 1 amide bonds. The molecule has 2 unspecified atom stereocenters. The Bertz CT molecular complexity index is 1060. The highest BCUT2D eigenvalue weighted by atomic mass is 32.2. The Balaban J connectivity index is 1.84. The van der Waals surface area contributed by atoms with Gasteiger partial charge in [-0.15, -0.1) is 8.80 Å². The van der Waals surface area contributed by atoms with Gasteiger partial charge in [-0.05, 0) is 35.8 Å². The number of amides is 1. The molecule has 0 fully saturated rings. The minimum Gasteiger partial charge on any atom is -0.505 e. The number of aliphatic hydroxyl groups excluding tert-OH is 1. The van der Waals surface area contributed by atoms with E-state index in [-0.39, 0.29) is 35.4 Å². The van der Waals surface area contributed by atoms with Crippen LogP contribution in [0.15, 0.2) is 48.6 Å². The summed E-state index contributed by atoms with van der Waals surface area (Å²) >= 11 is -1.80. The van der Waals surface area contributed by atoms with Crippen LogP contribution in [0, 0.1) is 11.8 Å². The number of amidine groups is 2. The molecule has 10 heteroatoms. The Labute approximate surface area is 197 Å². The summed E-state index contributed by atoms with van der Waals surface area (Å²) in [5.41, 5.74) is 1.76. The zero-order valence-electron chi connectivity index (χ0n) is 20.2. The summed E-state index contributed by atoms with van der Waals surface area (Å²) in [6, 6.07) is 1.78. The van der Waals surface area contributed by atoms with E-state index in [1.807, 2.05) is 26.8 Å². The van der Waals surface area contributed by atoms with Gasteiger partial charge in [-0.1, -0.05) is 40.7 Å². The summed E-state index contributed by atoms with van der Waals surface area (Å²) in [4.78, 5) is 14.0. The SMILES string of the molecule is CC1CC=C(NC2=NS(=O)N=C2N[C@@H](c2cc(C(C)C)co2)C(C)C)C(O)=C1C(=O)N(C)C. The van der Waals surface area contributed by atoms with Crippen LogP contribution in [0.2, 0.25) is 0 Å². The van der Waals surface area contributed by atoms with Crippen LogP contribution in [0.5, 0.6) is 0 Å². The van der Waals surface area contributed by atoms with Crippen LogP contribution < -0.4 is 10.6 Å². The third-order valence-corrected chi connectivity index (χ3v) is 6.38. The molecule has 1 aliphatic heterocycles. The number of furan rings is 1. The summed E-state index contributed by atoms with van der Waals surface area (Å²) in [7, 11) is 3.29. The first-order valence-electron chi connectivity index (χ1n) is 11.1. The summed E-state index contributed by atoms with van der Waals surface area (Å²) in [5.74, 6) is 1.24. The van der Waals surface area contributed by atoms with Gasteiger partial charge in [-0.2, -0.15) is 0 Å². The molecule has 0 saturated carbocycles. The van der Waals surface area contributed by atoms with Crippen LogP contribution in [0.4, 0.5) is 0 Å². The zero-order valence-corrected chi connectivity index (χ0v) is 21.0. The van der Waals surface area contributed by atoms with Gasteiger partial charge < -0.3 is 25.1 Å². The maximum absolute atomic E-state index is 12.6. The molecule has 180 valence electrons. The summed E-state index contributed by atoms with van der Waals surface area (Å²) in [6.45, 7) is 10.2. The van der Waals surface area contributed by atoms with Crippen LogP contribution in [0.25, 0.3) is 0 Å². The first-order chi connectivity index (χ1) is 15.5. The van der Waals surface area contributed by atoms with E-state index in [1.165, 1.54) is 4.90 Å². The number of nitrogens with one attached hydrogen (secondary N) is 2. The molecule has 2 heterocycles. The third-order valence-electron chi connectivity index (χ3n) is 5.70. The predicted molar refractivity (Wildman–Crippen MR) is 130 cm³/mol. The number of rotatable bonds is 6. The molecule has 3 N–H and O–H groups in total. The van der Waals surface area contributed by atoms with Gasteiger partial charge in [0.1, 0.15) is 11.5 Å². The molecule has 2 aliphatic rings. The van der Waals surface area contributed by atoms with Crippen LogP contribution >= 0.6 is 0 Å². The molecule has 1 aromatic rings. The van der Waals surface area contributed by atoms with Crippen molar-refractivity contribution in [2.75, 3.05) is 14.1 Å². The Kier molecular flexibility index (Phi) is 7.46. The number of carbonyl (C=O) groups excluding carboxylic acids is 1. The lowest BCUT2D eigenvalue weighted by Gasteiger charge is -2.26. The molecule has 33 heavy (non-hydrogen) atoms. The van der Waals surface area contributed by atoms with Crippen molar-refractivity contribution in [2.45, 2.75) is 53.0 Å². The molecule has 0 bridgehead atoms. The minimum atomic E-state index is -1.80. The number of carbonyl (C=O) groups is 1. The van der Waals surface area contributed by atoms with Crippen molar-refractivity contribution in [1.82, 2.24) is 15.5 Å². The van der Waals surface area contributed by atoms with E-state index < -0.39 is 11.2 Å². The van der Waals surface area contributed by atoms with E-state index in [2.05, 4.69) is 33.3 Å². The smallest absolute Gasteiger partial charge is 0.269 e. The highest BCUT2D eigenvalue weighted by Gasteiger charge is 2.31. The third kappa shape index (κ3) is 5.38.